The number of rotatable bonds is 8. The van der Waals surface area contributed by atoms with E-state index in [9.17, 15) is 14.4 Å². The van der Waals surface area contributed by atoms with Crippen molar-refractivity contribution in [1.29, 1.82) is 0 Å². The second-order valence-electron chi connectivity index (χ2n) is 7.59. The van der Waals surface area contributed by atoms with Crippen LogP contribution >= 0.6 is 0 Å². The average molecular weight is 453 g/mol. The Bertz CT molecular complexity index is 1020. The Morgan fingerprint density at radius 3 is 2.48 bits per heavy atom. The highest BCUT2D eigenvalue weighted by atomic mass is 16.5. The van der Waals surface area contributed by atoms with Crippen molar-refractivity contribution in [2.45, 2.75) is 24.9 Å². The third kappa shape index (κ3) is 6.11. The quantitative estimate of drug-likeness (QED) is 0.317. The fourth-order valence-electron chi connectivity index (χ4n) is 3.79. The Morgan fingerprint density at radius 2 is 1.82 bits per heavy atom. The summed E-state index contributed by atoms with van der Waals surface area (Å²) in [7, 11) is 3.05. The summed E-state index contributed by atoms with van der Waals surface area (Å²) in [6.45, 7) is 0.147. The predicted octanol–water partition coefficient (Wildman–Crippen LogP) is 1.55. The van der Waals surface area contributed by atoms with Crippen molar-refractivity contribution < 1.29 is 29.1 Å². The van der Waals surface area contributed by atoms with Crippen molar-refractivity contribution in [3.8, 4) is 11.5 Å². The van der Waals surface area contributed by atoms with E-state index in [0.29, 0.717) is 17.1 Å². The molecule has 1 heterocycles. The van der Waals surface area contributed by atoms with Crippen LogP contribution in [0.25, 0.3) is 6.08 Å². The van der Waals surface area contributed by atoms with E-state index in [0.717, 1.165) is 5.56 Å². The van der Waals surface area contributed by atoms with Crippen molar-refractivity contribution >= 4 is 23.8 Å². The van der Waals surface area contributed by atoms with Gasteiger partial charge in [0.25, 0.3) is 5.91 Å². The molecule has 0 bridgehead atoms. The molecule has 1 aliphatic rings. The monoisotopic (exact) mass is 453 g/mol. The number of ether oxygens (including phenoxy) is 2. The van der Waals surface area contributed by atoms with Gasteiger partial charge in [0.05, 0.1) is 20.6 Å². The second kappa shape index (κ2) is 11.1. The van der Waals surface area contributed by atoms with Gasteiger partial charge in [-0.3, -0.25) is 19.6 Å². The number of benzene rings is 2. The molecule has 2 aromatic rings. The van der Waals surface area contributed by atoms with E-state index in [2.05, 4.69) is 5.32 Å². The molecule has 3 rings (SSSR count). The first kappa shape index (κ1) is 23.8. The molecule has 9 nitrogen and oxygen atoms in total. The van der Waals surface area contributed by atoms with Crippen LogP contribution in [-0.4, -0.2) is 60.7 Å². The van der Waals surface area contributed by atoms with Crippen LogP contribution in [-0.2, 0) is 20.8 Å². The summed E-state index contributed by atoms with van der Waals surface area (Å²) in [5.41, 5.74) is 3.18. The zero-order chi connectivity index (χ0) is 23.8. The van der Waals surface area contributed by atoms with Gasteiger partial charge in [-0.15, -0.1) is 0 Å². The molecule has 3 amide bonds. The van der Waals surface area contributed by atoms with Crippen LogP contribution in [0.1, 0.15) is 17.5 Å². The first-order valence-corrected chi connectivity index (χ1v) is 10.4. The van der Waals surface area contributed by atoms with Crippen molar-refractivity contribution in [3.05, 3.63) is 65.7 Å². The summed E-state index contributed by atoms with van der Waals surface area (Å²) in [6, 6.07) is 13.2. The zero-order valence-electron chi connectivity index (χ0n) is 18.5. The van der Waals surface area contributed by atoms with Gasteiger partial charge in [0.2, 0.25) is 11.8 Å². The number of hydrogen-bond acceptors (Lipinski definition) is 6. The molecule has 0 aromatic heterocycles. The summed E-state index contributed by atoms with van der Waals surface area (Å²) in [5.74, 6) is -0.244. The SMILES string of the molecule is COc1ccc(/C=C/C(=O)N2C[C@H](NC(=O)Cc3ccccc3)C[C@H]2C(=O)NO)cc1OC. The fourth-order valence-corrected chi connectivity index (χ4v) is 3.79. The Hall–Kier alpha value is -3.85. The minimum absolute atomic E-state index is 0.147. The van der Waals surface area contributed by atoms with Crippen LogP contribution in [0.4, 0.5) is 0 Å². The molecular formula is C24H27N3O6. The summed E-state index contributed by atoms with van der Waals surface area (Å²) >= 11 is 0. The van der Waals surface area contributed by atoms with Gasteiger partial charge in [0.15, 0.2) is 11.5 Å². The van der Waals surface area contributed by atoms with Crippen molar-refractivity contribution in [1.82, 2.24) is 15.7 Å². The minimum atomic E-state index is -0.903. The normalized spacial score (nSPS) is 17.6. The van der Waals surface area contributed by atoms with Gasteiger partial charge < -0.3 is 19.7 Å². The molecule has 3 N–H and O–H groups in total. The van der Waals surface area contributed by atoms with E-state index >= 15 is 0 Å². The van der Waals surface area contributed by atoms with Gasteiger partial charge in [-0.2, -0.15) is 0 Å². The number of nitrogens with one attached hydrogen (secondary N) is 2. The second-order valence-corrected chi connectivity index (χ2v) is 7.59. The maximum Gasteiger partial charge on any atom is 0.266 e. The first-order valence-electron chi connectivity index (χ1n) is 10.4. The van der Waals surface area contributed by atoms with E-state index in [4.69, 9.17) is 14.7 Å². The number of methoxy groups -OCH3 is 2. The highest BCUT2D eigenvalue weighted by Gasteiger charge is 2.39. The van der Waals surface area contributed by atoms with Crippen LogP contribution in [0.15, 0.2) is 54.6 Å². The lowest BCUT2D eigenvalue weighted by Crippen LogP contribution is -2.44. The summed E-state index contributed by atoms with van der Waals surface area (Å²) in [5, 5.41) is 12.0. The number of carbonyl (C=O) groups excluding carboxylic acids is 3. The van der Waals surface area contributed by atoms with Crippen LogP contribution in [0.2, 0.25) is 0 Å². The molecule has 1 aliphatic heterocycles. The molecule has 0 unspecified atom stereocenters. The fraction of sp³-hybridized carbons (Fsp3) is 0.292. The van der Waals surface area contributed by atoms with Crippen molar-refractivity contribution in [2.75, 3.05) is 20.8 Å². The van der Waals surface area contributed by atoms with E-state index in [-0.39, 0.29) is 25.3 Å². The first-order chi connectivity index (χ1) is 15.9. The third-order valence-corrected chi connectivity index (χ3v) is 5.40. The maximum atomic E-state index is 12.9. The van der Waals surface area contributed by atoms with E-state index < -0.39 is 23.9 Å². The molecule has 0 saturated carbocycles. The molecule has 1 saturated heterocycles. The topological polar surface area (TPSA) is 117 Å². The highest BCUT2D eigenvalue weighted by Crippen LogP contribution is 2.28. The Kier molecular flexibility index (Phi) is 8.04. The molecular weight excluding hydrogens is 426 g/mol. The molecule has 33 heavy (non-hydrogen) atoms. The molecule has 0 radical (unpaired) electrons. The van der Waals surface area contributed by atoms with E-state index in [1.807, 2.05) is 30.3 Å². The highest BCUT2D eigenvalue weighted by molar-refractivity contribution is 5.96. The van der Waals surface area contributed by atoms with Crippen LogP contribution in [0.5, 0.6) is 11.5 Å². The average Bonchev–Trinajstić information content (AvgIpc) is 3.26. The standard InChI is InChI=1S/C24H27N3O6/c1-32-20-10-8-17(12-21(20)33-2)9-11-23(29)27-15-18(14-19(27)24(30)26-31)25-22(28)13-16-6-4-3-5-7-16/h3-12,18-19,31H,13-15H2,1-2H3,(H,25,28)(H,26,30)/b11-9+/t18-,19+/m1/s1. The van der Waals surface area contributed by atoms with Gasteiger partial charge >= 0.3 is 0 Å². The molecule has 0 aliphatic carbocycles. The van der Waals surface area contributed by atoms with Crippen LogP contribution < -0.4 is 20.3 Å². The van der Waals surface area contributed by atoms with Crippen LogP contribution in [0, 0.1) is 0 Å². The molecule has 2 aromatic carbocycles. The van der Waals surface area contributed by atoms with Gasteiger partial charge in [0, 0.05) is 18.7 Å². The lowest BCUT2D eigenvalue weighted by atomic mass is 10.1. The van der Waals surface area contributed by atoms with Crippen LogP contribution in [0.3, 0.4) is 0 Å². The number of carbonyl (C=O) groups is 3. The number of nitrogens with zero attached hydrogens (tertiary/aromatic N) is 1. The number of hydroxylamine groups is 1. The van der Waals surface area contributed by atoms with Gasteiger partial charge in [-0.1, -0.05) is 36.4 Å². The summed E-state index contributed by atoms with van der Waals surface area (Å²) in [6.07, 6.45) is 3.33. The number of amides is 3. The summed E-state index contributed by atoms with van der Waals surface area (Å²) < 4.78 is 10.5. The molecule has 9 heteroatoms. The Morgan fingerprint density at radius 1 is 1.09 bits per heavy atom. The molecule has 2 atom stereocenters. The maximum absolute atomic E-state index is 12.9. The number of likely N-dealkylation sites (tertiary alicyclic amines) is 1. The van der Waals surface area contributed by atoms with E-state index in [1.165, 1.54) is 25.2 Å². The lowest BCUT2D eigenvalue weighted by Gasteiger charge is -2.21. The molecule has 1 fully saturated rings. The van der Waals surface area contributed by atoms with Gasteiger partial charge in [-0.25, -0.2) is 5.48 Å². The largest absolute Gasteiger partial charge is 0.493 e. The molecule has 174 valence electrons. The van der Waals surface area contributed by atoms with E-state index in [1.54, 1.807) is 29.8 Å². The predicted molar refractivity (Wildman–Crippen MR) is 121 cm³/mol. The Balaban J connectivity index is 1.68. The van der Waals surface area contributed by atoms with Gasteiger partial charge in [-0.05, 0) is 35.8 Å². The zero-order valence-corrected chi connectivity index (χ0v) is 18.5. The number of hydrogen-bond donors (Lipinski definition) is 3. The van der Waals surface area contributed by atoms with Crippen molar-refractivity contribution in [2.24, 2.45) is 0 Å². The lowest BCUT2D eigenvalue weighted by molar-refractivity contribution is -0.140. The smallest absolute Gasteiger partial charge is 0.266 e. The Labute approximate surface area is 191 Å². The minimum Gasteiger partial charge on any atom is -0.493 e. The van der Waals surface area contributed by atoms with Gasteiger partial charge in [0.1, 0.15) is 6.04 Å². The molecule has 0 spiro atoms. The summed E-state index contributed by atoms with van der Waals surface area (Å²) in [4.78, 5) is 38.8. The third-order valence-electron chi connectivity index (χ3n) is 5.40. The van der Waals surface area contributed by atoms with Crippen molar-refractivity contribution in [3.63, 3.8) is 0 Å².